The third kappa shape index (κ3) is 2.80. The number of rotatable bonds is 2. The van der Waals surface area contributed by atoms with Gasteiger partial charge in [0.25, 0.3) is 0 Å². The van der Waals surface area contributed by atoms with Crippen LogP contribution in [-0.2, 0) is 0 Å². The molecule has 4 nitrogen and oxygen atoms in total. The summed E-state index contributed by atoms with van der Waals surface area (Å²) in [6, 6.07) is 3.48. The van der Waals surface area contributed by atoms with Gasteiger partial charge in [0, 0.05) is 6.20 Å². The van der Waals surface area contributed by atoms with Crippen LogP contribution in [0.1, 0.15) is 12.6 Å². The molecule has 0 saturated heterocycles. The van der Waals surface area contributed by atoms with Gasteiger partial charge in [-0.25, -0.2) is 9.97 Å². The molecule has 1 rings (SSSR count). The fourth-order valence-corrected chi connectivity index (χ4v) is 0.718. The fourth-order valence-electron chi connectivity index (χ4n) is 0.718. The zero-order valence-electron chi connectivity index (χ0n) is 7.20. The summed E-state index contributed by atoms with van der Waals surface area (Å²) >= 11 is 0. The van der Waals surface area contributed by atoms with Gasteiger partial charge in [-0.1, -0.05) is 5.92 Å². The summed E-state index contributed by atoms with van der Waals surface area (Å²) in [6.45, 7) is 2.25. The number of hydrogen-bond donors (Lipinski definition) is 1. The number of nitrogens with zero attached hydrogens (tertiary/aromatic N) is 3. The highest BCUT2D eigenvalue weighted by molar-refractivity contribution is 5.31. The van der Waals surface area contributed by atoms with Crippen LogP contribution in [0.25, 0.3) is 0 Å². The van der Waals surface area contributed by atoms with E-state index in [-0.39, 0.29) is 0 Å². The van der Waals surface area contributed by atoms with Gasteiger partial charge in [-0.05, 0) is 13.0 Å². The van der Waals surface area contributed by atoms with Crippen molar-refractivity contribution in [1.82, 2.24) is 9.97 Å². The molecule has 1 aromatic heterocycles. The van der Waals surface area contributed by atoms with E-state index in [4.69, 9.17) is 5.26 Å². The van der Waals surface area contributed by atoms with Crippen LogP contribution in [0.2, 0.25) is 0 Å². The standard InChI is InChI=1S/C9H8N4/c1-2-3-5-11-9-12-6-4-8(7-10)13-9/h4,6H,5H2,1H3,(H,11,12,13). The molecule has 0 atom stereocenters. The molecule has 0 aliphatic rings. The predicted molar refractivity (Wildman–Crippen MR) is 48.7 cm³/mol. The Labute approximate surface area is 76.6 Å². The molecule has 1 aromatic rings. The molecular weight excluding hydrogens is 164 g/mol. The van der Waals surface area contributed by atoms with Crippen LogP contribution < -0.4 is 5.32 Å². The molecule has 1 heterocycles. The molecule has 4 heteroatoms. The summed E-state index contributed by atoms with van der Waals surface area (Å²) in [5, 5.41) is 11.4. The van der Waals surface area contributed by atoms with Crippen molar-refractivity contribution in [2.24, 2.45) is 0 Å². The topological polar surface area (TPSA) is 61.6 Å². The van der Waals surface area contributed by atoms with Gasteiger partial charge in [-0.15, -0.1) is 5.92 Å². The number of nitrogens with one attached hydrogen (secondary N) is 1. The van der Waals surface area contributed by atoms with Crippen LogP contribution in [0.3, 0.4) is 0 Å². The van der Waals surface area contributed by atoms with E-state index in [0.29, 0.717) is 18.2 Å². The third-order valence-corrected chi connectivity index (χ3v) is 1.28. The second kappa shape index (κ2) is 4.74. The summed E-state index contributed by atoms with van der Waals surface area (Å²) in [5.41, 5.74) is 0.349. The first-order valence-corrected chi connectivity index (χ1v) is 3.73. The highest BCUT2D eigenvalue weighted by Gasteiger charge is 1.94. The molecule has 0 saturated carbocycles. The Kier molecular flexibility index (Phi) is 3.29. The lowest BCUT2D eigenvalue weighted by Crippen LogP contribution is -2.03. The molecule has 0 amide bonds. The van der Waals surface area contributed by atoms with Gasteiger partial charge in [-0.3, -0.25) is 0 Å². The van der Waals surface area contributed by atoms with Crippen molar-refractivity contribution in [3.63, 3.8) is 0 Å². The van der Waals surface area contributed by atoms with Crippen molar-refractivity contribution >= 4 is 5.95 Å². The molecule has 13 heavy (non-hydrogen) atoms. The van der Waals surface area contributed by atoms with E-state index in [0.717, 1.165) is 0 Å². The smallest absolute Gasteiger partial charge is 0.224 e. The summed E-state index contributed by atoms with van der Waals surface area (Å²) in [7, 11) is 0. The number of hydrogen-bond acceptors (Lipinski definition) is 4. The molecule has 0 bridgehead atoms. The van der Waals surface area contributed by atoms with E-state index in [1.807, 2.05) is 6.07 Å². The number of aromatic nitrogens is 2. The maximum atomic E-state index is 8.54. The van der Waals surface area contributed by atoms with Crippen LogP contribution >= 0.6 is 0 Å². The van der Waals surface area contributed by atoms with Gasteiger partial charge >= 0.3 is 0 Å². The quantitative estimate of drug-likeness (QED) is 0.670. The molecule has 0 unspecified atom stereocenters. The van der Waals surface area contributed by atoms with E-state index in [2.05, 4.69) is 27.1 Å². The Hall–Kier alpha value is -2.07. The first-order chi connectivity index (χ1) is 6.36. The number of nitriles is 1. The Bertz CT molecular complexity index is 381. The Morgan fingerprint density at radius 2 is 2.46 bits per heavy atom. The summed E-state index contributed by atoms with van der Waals surface area (Å²) in [4.78, 5) is 7.83. The van der Waals surface area contributed by atoms with Crippen LogP contribution in [0.5, 0.6) is 0 Å². The molecular formula is C9H8N4. The maximum Gasteiger partial charge on any atom is 0.224 e. The van der Waals surface area contributed by atoms with Crippen LogP contribution in [0, 0.1) is 23.2 Å². The number of anilines is 1. The summed E-state index contributed by atoms with van der Waals surface area (Å²) in [5.74, 6) is 5.98. The zero-order valence-corrected chi connectivity index (χ0v) is 7.20. The van der Waals surface area contributed by atoms with E-state index in [9.17, 15) is 0 Å². The average Bonchev–Trinajstić information content (AvgIpc) is 2.19. The lowest BCUT2D eigenvalue weighted by molar-refractivity contribution is 1.11. The largest absolute Gasteiger partial charge is 0.343 e. The highest BCUT2D eigenvalue weighted by atomic mass is 15.1. The first kappa shape index (κ1) is 9.02. The third-order valence-electron chi connectivity index (χ3n) is 1.28. The first-order valence-electron chi connectivity index (χ1n) is 3.73. The molecule has 0 aliphatic heterocycles. The Balaban J connectivity index is 2.66. The molecule has 0 aromatic carbocycles. The predicted octanol–water partition coefficient (Wildman–Crippen LogP) is 0.783. The average molecular weight is 172 g/mol. The molecule has 0 radical (unpaired) electrons. The normalized spacial score (nSPS) is 8.00. The van der Waals surface area contributed by atoms with Gasteiger partial charge in [0.15, 0.2) is 0 Å². The van der Waals surface area contributed by atoms with Crippen molar-refractivity contribution in [2.75, 3.05) is 11.9 Å². The summed E-state index contributed by atoms with van der Waals surface area (Å²) < 4.78 is 0. The van der Waals surface area contributed by atoms with Crippen LogP contribution in [-0.4, -0.2) is 16.5 Å². The van der Waals surface area contributed by atoms with E-state index >= 15 is 0 Å². The summed E-state index contributed by atoms with van der Waals surface area (Å²) in [6.07, 6.45) is 1.53. The lowest BCUT2D eigenvalue weighted by Gasteiger charge is -1.98. The minimum Gasteiger partial charge on any atom is -0.343 e. The minimum atomic E-state index is 0.349. The highest BCUT2D eigenvalue weighted by Crippen LogP contribution is 1.97. The van der Waals surface area contributed by atoms with Gasteiger partial charge in [0.1, 0.15) is 11.8 Å². The molecule has 64 valence electrons. The Morgan fingerprint density at radius 1 is 1.62 bits per heavy atom. The molecule has 1 N–H and O–H groups in total. The van der Waals surface area contributed by atoms with Gasteiger partial charge in [-0.2, -0.15) is 5.26 Å². The van der Waals surface area contributed by atoms with E-state index < -0.39 is 0 Å². The van der Waals surface area contributed by atoms with Crippen molar-refractivity contribution in [1.29, 1.82) is 5.26 Å². The minimum absolute atomic E-state index is 0.349. The van der Waals surface area contributed by atoms with Crippen molar-refractivity contribution < 1.29 is 0 Å². The molecule has 0 spiro atoms. The Morgan fingerprint density at radius 3 is 3.15 bits per heavy atom. The van der Waals surface area contributed by atoms with Crippen LogP contribution in [0.15, 0.2) is 12.3 Å². The zero-order chi connectivity index (χ0) is 9.52. The fraction of sp³-hybridized carbons (Fsp3) is 0.222. The van der Waals surface area contributed by atoms with Gasteiger partial charge in [0.05, 0.1) is 6.54 Å². The van der Waals surface area contributed by atoms with E-state index in [1.54, 1.807) is 13.0 Å². The van der Waals surface area contributed by atoms with Crippen molar-refractivity contribution in [3.8, 4) is 17.9 Å². The van der Waals surface area contributed by atoms with Gasteiger partial charge < -0.3 is 5.32 Å². The van der Waals surface area contributed by atoms with Crippen molar-refractivity contribution in [3.05, 3.63) is 18.0 Å². The van der Waals surface area contributed by atoms with Gasteiger partial charge in [0.2, 0.25) is 5.95 Å². The SMILES string of the molecule is CC#CCNc1nccc(C#N)n1. The second-order valence-corrected chi connectivity index (χ2v) is 2.16. The maximum absolute atomic E-state index is 8.54. The monoisotopic (exact) mass is 172 g/mol. The molecule has 0 aliphatic carbocycles. The van der Waals surface area contributed by atoms with E-state index in [1.165, 1.54) is 6.20 Å². The second-order valence-electron chi connectivity index (χ2n) is 2.16. The van der Waals surface area contributed by atoms with Crippen LogP contribution in [0.4, 0.5) is 5.95 Å². The molecule has 0 fully saturated rings. The van der Waals surface area contributed by atoms with Crippen molar-refractivity contribution in [2.45, 2.75) is 6.92 Å². The lowest BCUT2D eigenvalue weighted by atomic mass is 10.4.